The van der Waals surface area contributed by atoms with Gasteiger partial charge in [-0.05, 0) is 24.6 Å². The lowest BCUT2D eigenvalue weighted by atomic mass is 10.2. The van der Waals surface area contributed by atoms with E-state index in [9.17, 15) is 9.18 Å². The van der Waals surface area contributed by atoms with Crippen LogP contribution in [0.1, 0.15) is 16.7 Å². The third-order valence-electron chi connectivity index (χ3n) is 2.06. The molecule has 0 amide bonds. The van der Waals surface area contributed by atoms with Gasteiger partial charge in [-0.3, -0.25) is 0 Å². The number of hydrogen-bond acceptors (Lipinski definition) is 4. The molecule has 0 radical (unpaired) electrons. The van der Waals surface area contributed by atoms with Gasteiger partial charge < -0.3 is 4.74 Å². The summed E-state index contributed by atoms with van der Waals surface area (Å²) in [7, 11) is 0. The Morgan fingerprint density at radius 1 is 1.53 bits per heavy atom. The van der Waals surface area contributed by atoms with Crippen molar-refractivity contribution in [1.29, 1.82) is 0 Å². The van der Waals surface area contributed by atoms with Crippen molar-refractivity contribution >= 4 is 17.3 Å². The third kappa shape index (κ3) is 2.68. The van der Waals surface area contributed by atoms with Gasteiger partial charge in [0.15, 0.2) is 0 Å². The Morgan fingerprint density at radius 2 is 2.35 bits per heavy atom. The van der Waals surface area contributed by atoms with E-state index in [1.807, 2.05) is 0 Å². The Kier molecular flexibility index (Phi) is 3.49. The quantitative estimate of drug-likeness (QED) is 0.787. The van der Waals surface area contributed by atoms with E-state index in [1.165, 1.54) is 23.5 Å². The Hall–Kier alpha value is -1.75. The summed E-state index contributed by atoms with van der Waals surface area (Å²) in [6.07, 6.45) is 1.55. The van der Waals surface area contributed by atoms with Gasteiger partial charge >= 0.3 is 5.97 Å². The molecule has 0 atom stereocenters. The van der Waals surface area contributed by atoms with Crippen LogP contribution in [0.3, 0.4) is 0 Å². The molecular weight excluding hydrogens is 241 g/mol. The van der Waals surface area contributed by atoms with Gasteiger partial charge in [0.25, 0.3) is 0 Å². The number of carbonyl (C=O) groups is 1. The van der Waals surface area contributed by atoms with E-state index in [0.717, 1.165) is 4.88 Å². The van der Waals surface area contributed by atoms with Crippen LogP contribution in [0.4, 0.5) is 4.39 Å². The van der Waals surface area contributed by atoms with E-state index in [2.05, 4.69) is 4.98 Å². The fraction of sp³-hybridized carbons (Fsp3) is 0.167. The maximum Gasteiger partial charge on any atom is 0.367 e. The van der Waals surface area contributed by atoms with Crippen LogP contribution in [-0.4, -0.2) is 17.6 Å². The average molecular weight is 251 g/mol. The highest BCUT2D eigenvalue weighted by molar-refractivity contribution is 7.16. The van der Waals surface area contributed by atoms with Crippen molar-refractivity contribution in [2.24, 2.45) is 0 Å². The predicted octanol–water partition coefficient (Wildman–Crippen LogP) is 3.13. The lowest BCUT2D eigenvalue weighted by Gasteiger charge is -1.96. The topological polar surface area (TPSA) is 39.2 Å². The van der Waals surface area contributed by atoms with Crippen LogP contribution < -0.4 is 0 Å². The first-order valence-electron chi connectivity index (χ1n) is 5.09. The number of halogens is 1. The minimum atomic E-state index is -0.444. The molecule has 0 aliphatic carbocycles. The highest BCUT2D eigenvalue weighted by atomic mass is 32.1. The van der Waals surface area contributed by atoms with E-state index in [0.29, 0.717) is 12.2 Å². The molecule has 17 heavy (non-hydrogen) atoms. The van der Waals surface area contributed by atoms with Crippen molar-refractivity contribution in [2.75, 3.05) is 6.61 Å². The fourth-order valence-electron chi connectivity index (χ4n) is 1.34. The van der Waals surface area contributed by atoms with Crippen LogP contribution in [0.5, 0.6) is 0 Å². The molecule has 1 heterocycles. The maximum atomic E-state index is 13.0. The molecule has 0 bridgehead atoms. The van der Waals surface area contributed by atoms with Gasteiger partial charge in [0.1, 0.15) is 5.82 Å². The molecule has 0 fully saturated rings. The summed E-state index contributed by atoms with van der Waals surface area (Å²) in [5, 5.41) is 0.283. The van der Waals surface area contributed by atoms with Crippen molar-refractivity contribution in [2.45, 2.75) is 6.92 Å². The first-order chi connectivity index (χ1) is 8.20. The zero-order valence-electron chi connectivity index (χ0n) is 9.14. The minimum absolute atomic E-state index is 0.283. The maximum absolute atomic E-state index is 13.0. The average Bonchev–Trinajstić information content (AvgIpc) is 2.78. The van der Waals surface area contributed by atoms with E-state index in [4.69, 9.17) is 4.74 Å². The van der Waals surface area contributed by atoms with Gasteiger partial charge in [0.05, 0.1) is 11.5 Å². The highest BCUT2D eigenvalue weighted by Crippen LogP contribution is 2.26. The zero-order valence-corrected chi connectivity index (χ0v) is 9.96. The van der Waals surface area contributed by atoms with Crippen molar-refractivity contribution in [3.63, 3.8) is 0 Å². The number of benzene rings is 1. The number of ether oxygens (including phenoxy) is 1. The second kappa shape index (κ2) is 5.05. The Bertz CT molecular complexity index is 539. The number of nitrogens with zero attached hydrogens (tertiary/aromatic N) is 1. The smallest absolute Gasteiger partial charge is 0.367 e. The molecule has 0 N–H and O–H groups in total. The molecule has 1 aromatic carbocycles. The summed E-state index contributed by atoms with van der Waals surface area (Å²) in [6, 6.07) is 6.17. The molecule has 5 heteroatoms. The number of esters is 1. The van der Waals surface area contributed by atoms with E-state index in [1.54, 1.807) is 25.3 Å². The van der Waals surface area contributed by atoms with Gasteiger partial charge in [0.2, 0.25) is 5.01 Å². The van der Waals surface area contributed by atoms with Crippen molar-refractivity contribution < 1.29 is 13.9 Å². The molecular formula is C12H10FNO2S. The second-order valence-corrected chi connectivity index (χ2v) is 4.29. The highest BCUT2D eigenvalue weighted by Gasteiger charge is 2.12. The van der Waals surface area contributed by atoms with Gasteiger partial charge in [0, 0.05) is 6.20 Å². The molecule has 0 saturated carbocycles. The lowest BCUT2D eigenvalue weighted by molar-refractivity contribution is 0.0526. The largest absolute Gasteiger partial charge is 0.461 e. The van der Waals surface area contributed by atoms with Gasteiger partial charge in [-0.2, -0.15) is 0 Å². The molecule has 2 rings (SSSR count). The van der Waals surface area contributed by atoms with Crippen LogP contribution >= 0.6 is 11.3 Å². The number of hydrogen-bond donors (Lipinski definition) is 0. The molecule has 0 spiro atoms. The Balaban J connectivity index is 2.27. The minimum Gasteiger partial charge on any atom is -0.461 e. The molecule has 0 unspecified atom stereocenters. The van der Waals surface area contributed by atoms with E-state index < -0.39 is 5.97 Å². The second-order valence-electron chi connectivity index (χ2n) is 3.26. The van der Waals surface area contributed by atoms with Gasteiger partial charge in [-0.1, -0.05) is 12.1 Å². The molecule has 0 aliphatic rings. The SMILES string of the molecule is CCOC(=O)c1ncc(-c2cccc(F)c2)s1. The molecule has 1 aromatic heterocycles. The molecule has 0 aliphatic heterocycles. The van der Waals surface area contributed by atoms with Crippen molar-refractivity contribution in [3.8, 4) is 10.4 Å². The molecule has 2 aromatic rings. The molecule has 3 nitrogen and oxygen atoms in total. The fourth-order valence-corrected chi connectivity index (χ4v) is 2.14. The number of thiazole rings is 1. The molecule has 0 saturated heterocycles. The number of rotatable bonds is 3. The summed E-state index contributed by atoms with van der Waals surface area (Å²) in [6.45, 7) is 2.05. The number of aromatic nitrogens is 1. The van der Waals surface area contributed by atoms with Crippen LogP contribution in [0, 0.1) is 5.82 Å². The van der Waals surface area contributed by atoms with Crippen LogP contribution in [0.2, 0.25) is 0 Å². The predicted molar refractivity (Wildman–Crippen MR) is 63.5 cm³/mol. The molecule has 88 valence electrons. The number of carbonyl (C=O) groups excluding carboxylic acids is 1. The van der Waals surface area contributed by atoms with E-state index in [-0.39, 0.29) is 10.8 Å². The zero-order chi connectivity index (χ0) is 12.3. The Labute approximate surface area is 102 Å². The third-order valence-corrected chi connectivity index (χ3v) is 3.09. The van der Waals surface area contributed by atoms with E-state index >= 15 is 0 Å². The summed E-state index contributed by atoms with van der Waals surface area (Å²) >= 11 is 1.19. The van der Waals surface area contributed by atoms with Crippen molar-refractivity contribution in [3.05, 3.63) is 41.3 Å². The van der Waals surface area contributed by atoms with Crippen LogP contribution in [0.15, 0.2) is 30.5 Å². The lowest BCUT2D eigenvalue weighted by Crippen LogP contribution is -2.03. The Morgan fingerprint density at radius 3 is 3.06 bits per heavy atom. The van der Waals surface area contributed by atoms with Gasteiger partial charge in [-0.15, -0.1) is 11.3 Å². The summed E-state index contributed by atoms with van der Waals surface area (Å²) in [4.78, 5) is 16.1. The van der Waals surface area contributed by atoms with Crippen molar-refractivity contribution in [1.82, 2.24) is 4.98 Å². The van der Waals surface area contributed by atoms with Crippen LogP contribution in [0.25, 0.3) is 10.4 Å². The standard InChI is InChI=1S/C12H10FNO2S/c1-2-16-12(15)11-14-7-10(17-11)8-4-3-5-9(13)6-8/h3-7H,2H2,1H3. The monoisotopic (exact) mass is 251 g/mol. The normalized spacial score (nSPS) is 10.2. The summed E-state index contributed by atoms with van der Waals surface area (Å²) in [5.41, 5.74) is 0.707. The first kappa shape index (κ1) is 11.7. The summed E-state index contributed by atoms with van der Waals surface area (Å²) in [5.74, 6) is -0.756. The summed E-state index contributed by atoms with van der Waals surface area (Å²) < 4.78 is 17.9. The first-order valence-corrected chi connectivity index (χ1v) is 5.91. The van der Waals surface area contributed by atoms with Gasteiger partial charge in [-0.25, -0.2) is 14.2 Å². The van der Waals surface area contributed by atoms with Crippen LogP contribution in [-0.2, 0) is 4.74 Å².